The molecule has 0 bridgehead atoms. The SMILES string of the molecule is CCOC(=O)C=Cc1cnc(Nc2ccc(OC(C)C)c(Cl)c2)n(C(Cl)c2ccccc2)c1=O. The van der Waals surface area contributed by atoms with Gasteiger partial charge in [-0.15, -0.1) is 0 Å². The van der Waals surface area contributed by atoms with Gasteiger partial charge in [-0.25, -0.2) is 9.78 Å². The minimum atomic E-state index is -0.862. The number of carbonyl (C=O) groups is 1. The second-order valence-electron chi connectivity index (χ2n) is 7.48. The average Bonchev–Trinajstić information content (AvgIpc) is 2.80. The van der Waals surface area contributed by atoms with Crippen LogP contribution in [0.1, 0.15) is 37.4 Å². The summed E-state index contributed by atoms with van der Waals surface area (Å²) in [6, 6.07) is 14.3. The van der Waals surface area contributed by atoms with E-state index in [2.05, 4.69) is 10.3 Å². The maximum atomic E-state index is 13.4. The highest BCUT2D eigenvalue weighted by molar-refractivity contribution is 6.32. The summed E-state index contributed by atoms with van der Waals surface area (Å²) in [6.07, 6.45) is 3.87. The van der Waals surface area contributed by atoms with Crippen molar-refractivity contribution >= 4 is 46.9 Å². The maximum Gasteiger partial charge on any atom is 0.330 e. The molecule has 1 aromatic heterocycles. The smallest absolute Gasteiger partial charge is 0.330 e. The monoisotopic (exact) mass is 501 g/mol. The van der Waals surface area contributed by atoms with Crippen LogP contribution in [0.2, 0.25) is 5.02 Å². The predicted octanol–water partition coefficient (Wildman–Crippen LogP) is 5.79. The molecule has 178 valence electrons. The van der Waals surface area contributed by atoms with Crippen LogP contribution in [0.3, 0.4) is 0 Å². The number of anilines is 2. The normalized spacial score (nSPS) is 12.1. The second kappa shape index (κ2) is 11.7. The van der Waals surface area contributed by atoms with Crippen LogP contribution in [0.5, 0.6) is 5.75 Å². The topological polar surface area (TPSA) is 82.4 Å². The lowest BCUT2D eigenvalue weighted by Gasteiger charge is -2.19. The molecule has 1 N–H and O–H groups in total. The number of ether oxygens (including phenoxy) is 2. The van der Waals surface area contributed by atoms with Gasteiger partial charge >= 0.3 is 5.97 Å². The largest absolute Gasteiger partial charge is 0.489 e. The number of hydrogen-bond acceptors (Lipinski definition) is 6. The number of esters is 1. The third kappa shape index (κ3) is 6.40. The Morgan fingerprint density at radius 3 is 2.59 bits per heavy atom. The molecular weight excluding hydrogens is 477 g/mol. The Balaban J connectivity index is 2.02. The molecule has 0 saturated heterocycles. The molecule has 9 heteroatoms. The summed E-state index contributed by atoms with van der Waals surface area (Å²) >= 11 is 13.1. The molecule has 1 unspecified atom stereocenters. The molecule has 0 amide bonds. The molecule has 0 saturated carbocycles. The fourth-order valence-electron chi connectivity index (χ4n) is 3.07. The standard InChI is InChI=1S/C25H25Cl2N3O4/c1-4-33-22(31)13-10-18-15-28-25(29-19-11-12-21(20(26)14-19)34-16(2)3)30(24(18)32)23(27)17-8-6-5-7-9-17/h5-16,23H,4H2,1-3H3,(H,28,29). The fraction of sp³-hybridized carbons (Fsp3) is 0.240. The van der Waals surface area contributed by atoms with Crippen LogP contribution in [-0.2, 0) is 9.53 Å². The lowest BCUT2D eigenvalue weighted by Crippen LogP contribution is -2.28. The van der Waals surface area contributed by atoms with Crippen molar-refractivity contribution in [3.8, 4) is 5.75 Å². The molecule has 1 atom stereocenters. The lowest BCUT2D eigenvalue weighted by atomic mass is 10.2. The number of aromatic nitrogens is 2. The first kappa shape index (κ1) is 25.3. The summed E-state index contributed by atoms with van der Waals surface area (Å²) in [6.45, 7) is 5.75. The number of nitrogens with one attached hydrogen (secondary N) is 1. The van der Waals surface area contributed by atoms with Gasteiger partial charge in [0.25, 0.3) is 5.56 Å². The number of benzene rings is 2. The number of hydrogen-bond donors (Lipinski definition) is 1. The Morgan fingerprint density at radius 2 is 1.94 bits per heavy atom. The van der Waals surface area contributed by atoms with Crippen LogP contribution >= 0.6 is 23.2 Å². The van der Waals surface area contributed by atoms with Crippen LogP contribution in [-0.4, -0.2) is 28.2 Å². The Kier molecular flexibility index (Phi) is 8.73. The summed E-state index contributed by atoms with van der Waals surface area (Å²) < 4.78 is 11.9. The highest BCUT2D eigenvalue weighted by Gasteiger charge is 2.19. The van der Waals surface area contributed by atoms with Crippen molar-refractivity contribution in [2.24, 2.45) is 0 Å². The molecule has 2 aromatic carbocycles. The van der Waals surface area contributed by atoms with E-state index in [0.29, 0.717) is 22.0 Å². The molecule has 1 heterocycles. The van der Waals surface area contributed by atoms with Gasteiger partial charge in [0.1, 0.15) is 11.3 Å². The Labute approximate surface area is 207 Å². The van der Waals surface area contributed by atoms with E-state index in [9.17, 15) is 9.59 Å². The van der Waals surface area contributed by atoms with Crippen LogP contribution in [0.4, 0.5) is 11.6 Å². The number of alkyl halides is 1. The van der Waals surface area contributed by atoms with E-state index in [0.717, 1.165) is 0 Å². The molecule has 0 aliphatic carbocycles. The number of carbonyl (C=O) groups excluding carboxylic acids is 1. The predicted molar refractivity (Wildman–Crippen MR) is 135 cm³/mol. The van der Waals surface area contributed by atoms with Crippen molar-refractivity contribution < 1.29 is 14.3 Å². The van der Waals surface area contributed by atoms with E-state index >= 15 is 0 Å². The summed E-state index contributed by atoms with van der Waals surface area (Å²) in [5.41, 5.74) is 0.167. The van der Waals surface area contributed by atoms with Gasteiger partial charge in [-0.05, 0) is 50.6 Å². The molecule has 0 fully saturated rings. The summed E-state index contributed by atoms with van der Waals surface area (Å²) in [5.74, 6) is 0.196. The molecule has 3 rings (SSSR count). The third-order valence-corrected chi connectivity index (χ3v) is 5.30. The van der Waals surface area contributed by atoms with Crippen LogP contribution in [0.25, 0.3) is 6.08 Å². The van der Waals surface area contributed by atoms with E-state index in [-0.39, 0.29) is 24.2 Å². The minimum absolute atomic E-state index is 0.0266. The summed E-state index contributed by atoms with van der Waals surface area (Å²) in [4.78, 5) is 29.5. The van der Waals surface area contributed by atoms with Crippen LogP contribution < -0.4 is 15.6 Å². The van der Waals surface area contributed by atoms with E-state index in [1.807, 2.05) is 44.2 Å². The lowest BCUT2D eigenvalue weighted by molar-refractivity contribution is -0.137. The summed E-state index contributed by atoms with van der Waals surface area (Å²) in [7, 11) is 0. The van der Waals surface area contributed by atoms with Gasteiger partial charge in [-0.2, -0.15) is 0 Å². The van der Waals surface area contributed by atoms with Crippen molar-refractivity contribution in [2.45, 2.75) is 32.4 Å². The van der Waals surface area contributed by atoms with Gasteiger partial charge in [0.15, 0.2) is 0 Å². The highest BCUT2D eigenvalue weighted by Crippen LogP contribution is 2.31. The second-order valence-corrected chi connectivity index (χ2v) is 8.30. The van der Waals surface area contributed by atoms with Gasteiger partial charge in [-0.3, -0.25) is 9.36 Å². The molecule has 0 aliphatic rings. The average molecular weight is 502 g/mol. The number of rotatable bonds is 9. The first-order valence-corrected chi connectivity index (χ1v) is 11.5. The zero-order valence-corrected chi connectivity index (χ0v) is 20.5. The first-order valence-electron chi connectivity index (χ1n) is 10.7. The van der Waals surface area contributed by atoms with Gasteiger partial charge in [0.05, 0.1) is 23.3 Å². The molecule has 0 aliphatic heterocycles. The third-order valence-electron chi connectivity index (χ3n) is 4.56. The van der Waals surface area contributed by atoms with Gasteiger partial charge in [0.2, 0.25) is 5.95 Å². The zero-order chi connectivity index (χ0) is 24.7. The van der Waals surface area contributed by atoms with Crippen molar-refractivity contribution in [3.05, 3.63) is 87.3 Å². The Bertz CT molecular complexity index is 1230. The number of nitrogens with zero attached hydrogens (tertiary/aromatic N) is 2. The molecular formula is C25H25Cl2N3O4. The fourth-order valence-corrected chi connectivity index (χ4v) is 3.62. The highest BCUT2D eigenvalue weighted by atomic mass is 35.5. The van der Waals surface area contributed by atoms with Crippen molar-refractivity contribution in [1.82, 2.24) is 9.55 Å². The minimum Gasteiger partial charge on any atom is -0.489 e. The molecule has 0 radical (unpaired) electrons. The van der Waals surface area contributed by atoms with E-state index < -0.39 is 17.0 Å². The van der Waals surface area contributed by atoms with Crippen LogP contribution in [0, 0.1) is 0 Å². The Hall–Kier alpha value is -3.29. The molecule has 3 aromatic rings. The van der Waals surface area contributed by atoms with E-state index in [4.69, 9.17) is 32.7 Å². The van der Waals surface area contributed by atoms with Crippen molar-refractivity contribution in [1.29, 1.82) is 0 Å². The Morgan fingerprint density at radius 1 is 1.21 bits per heavy atom. The molecule has 34 heavy (non-hydrogen) atoms. The van der Waals surface area contributed by atoms with Crippen molar-refractivity contribution in [2.75, 3.05) is 11.9 Å². The van der Waals surface area contributed by atoms with Crippen LogP contribution in [0.15, 0.2) is 65.6 Å². The quantitative estimate of drug-likeness (QED) is 0.227. The first-order chi connectivity index (χ1) is 16.3. The van der Waals surface area contributed by atoms with E-state index in [1.165, 1.54) is 22.9 Å². The number of halogens is 2. The van der Waals surface area contributed by atoms with E-state index in [1.54, 1.807) is 25.1 Å². The van der Waals surface area contributed by atoms with Crippen molar-refractivity contribution in [3.63, 3.8) is 0 Å². The summed E-state index contributed by atoms with van der Waals surface area (Å²) in [5, 5.41) is 3.52. The molecule has 0 spiro atoms. The maximum absolute atomic E-state index is 13.4. The van der Waals surface area contributed by atoms with Gasteiger partial charge < -0.3 is 14.8 Å². The zero-order valence-electron chi connectivity index (χ0n) is 19.0. The van der Waals surface area contributed by atoms with Gasteiger partial charge in [0, 0.05) is 18.0 Å². The molecule has 7 nitrogen and oxygen atoms in total. The van der Waals surface area contributed by atoms with Gasteiger partial charge in [-0.1, -0.05) is 53.5 Å².